The van der Waals surface area contributed by atoms with Crippen LogP contribution in [0.1, 0.15) is 17.3 Å². The van der Waals surface area contributed by atoms with Crippen molar-refractivity contribution in [2.45, 2.75) is 6.92 Å². The van der Waals surface area contributed by atoms with E-state index in [1.54, 1.807) is 29.9 Å². The molecule has 3 aromatic heterocycles. The number of aromatic nitrogens is 3. The van der Waals surface area contributed by atoms with E-state index >= 15 is 0 Å². The summed E-state index contributed by atoms with van der Waals surface area (Å²) in [4.78, 5) is 26.4. The molecule has 0 radical (unpaired) electrons. The van der Waals surface area contributed by atoms with E-state index in [1.165, 1.54) is 53.2 Å². The van der Waals surface area contributed by atoms with Gasteiger partial charge in [-0.25, -0.2) is 13.3 Å². The summed E-state index contributed by atoms with van der Waals surface area (Å²) in [5, 5.41) is 6.74. The highest BCUT2D eigenvalue weighted by Gasteiger charge is 2.21. The first-order valence-electron chi connectivity index (χ1n) is 11.4. The molecular formula is C27H19F2IN4O4. The van der Waals surface area contributed by atoms with Gasteiger partial charge >= 0.3 is 0 Å². The fourth-order valence-electron chi connectivity index (χ4n) is 3.84. The molecule has 8 nitrogen and oxygen atoms in total. The first-order valence-corrected chi connectivity index (χ1v) is 12.5. The van der Waals surface area contributed by atoms with Crippen molar-refractivity contribution in [2.75, 3.05) is 11.9 Å². The number of hydrogen-bond acceptors (Lipinski definition) is 5. The number of anilines is 1. The number of halogens is 3. The van der Waals surface area contributed by atoms with Gasteiger partial charge in [0.2, 0.25) is 0 Å². The molecule has 192 valence electrons. The summed E-state index contributed by atoms with van der Waals surface area (Å²) in [7, 11) is 0. The molecule has 0 atom stereocenters. The van der Waals surface area contributed by atoms with E-state index in [0.717, 1.165) is 9.64 Å². The number of fused-ring (bicyclic) bond motifs is 1. The average molecular weight is 628 g/mol. The van der Waals surface area contributed by atoms with Crippen molar-refractivity contribution >= 4 is 39.7 Å². The molecule has 0 aliphatic carbocycles. The van der Waals surface area contributed by atoms with Crippen LogP contribution in [0.5, 0.6) is 17.2 Å². The summed E-state index contributed by atoms with van der Waals surface area (Å²) < 4.78 is 43.3. The van der Waals surface area contributed by atoms with E-state index in [4.69, 9.17) is 9.47 Å². The van der Waals surface area contributed by atoms with Crippen molar-refractivity contribution in [2.24, 2.45) is 0 Å². The number of hydrogen-bond donors (Lipinski definition) is 1. The van der Waals surface area contributed by atoms with Gasteiger partial charge in [-0.3, -0.25) is 14.2 Å². The van der Waals surface area contributed by atoms with Crippen LogP contribution in [0.4, 0.5) is 14.5 Å². The molecule has 1 amide bonds. The minimum Gasteiger partial charge on any atom is -0.493 e. The Bertz CT molecular complexity index is 1720. The quantitative estimate of drug-likeness (QED) is 0.230. The third-order valence-corrected chi connectivity index (χ3v) is 6.43. The van der Waals surface area contributed by atoms with Gasteiger partial charge in [-0.15, -0.1) is 0 Å². The summed E-state index contributed by atoms with van der Waals surface area (Å²) >= 11 is 2.14. The van der Waals surface area contributed by atoms with E-state index in [0.29, 0.717) is 17.0 Å². The van der Waals surface area contributed by atoms with Gasteiger partial charge in [0.15, 0.2) is 17.3 Å². The standard InChI is InChI=1S/C27H19F2IN4O4/c1-2-37-22-11-13-33(18-6-3-16(28)4-7-18)27(36)24(22)26(35)32-17-5-8-21(19(29)15-17)38-23-9-12-31-34-14-10-20(30)25(23)34/h3-15H,2H2,1H3,(H,32,35). The van der Waals surface area contributed by atoms with Crippen LogP contribution in [0.2, 0.25) is 0 Å². The molecule has 5 aromatic rings. The number of carbonyl (C=O) groups excluding carboxylic acids is 1. The number of benzene rings is 2. The Hall–Kier alpha value is -4.26. The van der Waals surface area contributed by atoms with Crippen molar-refractivity contribution in [1.29, 1.82) is 0 Å². The minimum absolute atomic E-state index is 0.0542. The van der Waals surface area contributed by atoms with Crippen LogP contribution in [0.15, 0.2) is 84.0 Å². The second kappa shape index (κ2) is 10.6. The Morgan fingerprint density at radius 3 is 2.53 bits per heavy atom. The molecule has 0 saturated heterocycles. The monoisotopic (exact) mass is 628 g/mol. The highest BCUT2D eigenvalue weighted by atomic mass is 127. The molecule has 1 N–H and O–H groups in total. The van der Waals surface area contributed by atoms with Gasteiger partial charge in [-0.1, -0.05) is 0 Å². The summed E-state index contributed by atoms with van der Waals surface area (Å²) in [5.74, 6) is -1.55. The molecule has 0 unspecified atom stereocenters. The number of carbonyl (C=O) groups is 1. The SMILES string of the molecule is CCOc1ccn(-c2ccc(F)cc2)c(=O)c1C(=O)Nc1ccc(Oc2ccnn3ccc(I)c23)c(F)c1. The topological polar surface area (TPSA) is 86.9 Å². The number of rotatable bonds is 7. The lowest BCUT2D eigenvalue weighted by Gasteiger charge is -2.14. The van der Waals surface area contributed by atoms with Gasteiger partial charge in [-0.05, 0) is 78.0 Å². The first kappa shape index (κ1) is 25.4. The second-order valence-corrected chi connectivity index (χ2v) is 9.16. The van der Waals surface area contributed by atoms with Crippen LogP contribution in [0, 0.1) is 15.2 Å². The predicted octanol–water partition coefficient (Wildman–Crippen LogP) is 5.81. The molecule has 0 aliphatic heterocycles. The van der Waals surface area contributed by atoms with E-state index in [9.17, 15) is 18.4 Å². The maximum atomic E-state index is 15.0. The van der Waals surface area contributed by atoms with Crippen LogP contribution >= 0.6 is 22.6 Å². The summed E-state index contributed by atoms with van der Waals surface area (Å²) in [5.41, 5.74) is 0.208. The zero-order valence-electron chi connectivity index (χ0n) is 19.8. The van der Waals surface area contributed by atoms with Crippen molar-refractivity contribution in [3.05, 3.63) is 110 Å². The third-order valence-electron chi connectivity index (χ3n) is 5.56. The number of nitrogens with zero attached hydrogens (tertiary/aromatic N) is 3. The molecular weight excluding hydrogens is 609 g/mol. The van der Waals surface area contributed by atoms with E-state index in [-0.39, 0.29) is 29.4 Å². The Kier molecular flexibility index (Phi) is 7.09. The van der Waals surface area contributed by atoms with Gasteiger partial charge in [0, 0.05) is 39.5 Å². The number of ether oxygens (including phenoxy) is 2. The van der Waals surface area contributed by atoms with Gasteiger partial charge < -0.3 is 14.8 Å². The molecule has 2 aromatic carbocycles. The fourth-order valence-corrected chi connectivity index (χ4v) is 4.52. The molecule has 0 saturated carbocycles. The summed E-state index contributed by atoms with van der Waals surface area (Å²) in [6, 6.07) is 14.1. The van der Waals surface area contributed by atoms with Crippen molar-refractivity contribution in [1.82, 2.24) is 14.2 Å². The summed E-state index contributed by atoms with van der Waals surface area (Å²) in [6.45, 7) is 1.93. The van der Waals surface area contributed by atoms with E-state index in [1.807, 2.05) is 6.07 Å². The predicted molar refractivity (Wildman–Crippen MR) is 146 cm³/mol. The van der Waals surface area contributed by atoms with Crippen molar-refractivity contribution < 1.29 is 23.0 Å². The second-order valence-electron chi connectivity index (χ2n) is 7.99. The molecule has 0 spiro atoms. The smallest absolute Gasteiger partial charge is 0.271 e. The van der Waals surface area contributed by atoms with Crippen LogP contribution in [0.25, 0.3) is 11.2 Å². The lowest BCUT2D eigenvalue weighted by Crippen LogP contribution is -2.29. The molecule has 5 rings (SSSR count). The van der Waals surface area contributed by atoms with Gasteiger partial charge in [0.25, 0.3) is 11.5 Å². The molecule has 0 bridgehead atoms. The van der Waals surface area contributed by atoms with Crippen LogP contribution < -0.4 is 20.3 Å². The first-order chi connectivity index (χ1) is 18.4. The van der Waals surface area contributed by atoms with Crippen molar-refractivity contribution in [3.8, 4) is 22.9 Å². The maximum absolute atomic E-state index is 15.0. The zero-order valence-corrected chi connectivity index (χ0v) is 22.0. The highest BCUT2D eigenvalue weighted by Crippen LogP contribution is 2.32. The fraction of sp³-hybridized carbons (Fsp3) is 0.0741. The van der Waals surface area contributed by atoms with Gasteiger partial charge in [-0.2, -0.15) is 5.10 Å². The Balaban J connectivity index is 1.43. The van der Waals surface area contributed by atoms with Crippen LogP contribution in [-0.2, 0) is 0 Å². The van der Waals surface area contributed by atoms with E-state index in [2.05, 4.69) is 33.0 Å². The molecule has 38 heavy (non-hydrogen) atoms. The molecule has 0 fully saturated rings. The zero-order chi connectivity index (χ0) is 26.8. The Labute approximate surface area is 228 Å². The Morgan fingerprint density at radius 1 is 1.00 bits per heavy atom. The number of amides is 1. The maximum Gasteiger partial charge on any atom is 0.271 e. The molecule has 11 heteroatoms. The lowest BCUT2D eigenvalue weighted by molar-refractivity contribution is 0.102. The van der Waals surface area contributed by atoms with Crippen molar-refractivity contribution in [3.63, 3.8) is 0 Å². The molecule has 0 aliphatic rings. The normalized spacial score (nSPS) is 10.9. The third kappa shape index (κ3) is 4.96. The molecule has 3 heterocycles. The Morgan fingerprint density at radius 2 is 1.79 bits per heavy atom. The minimum atomic E-state index is -0.790. The van der Waals surface area contributed by atoms with Crippen LogP contribution in [-0.4, -0.2) is 26.7 Å². The van der Waals surface area contributed by atoms with Gasteiger partial charge in [0.1, 0.15) is 22.6 Å². The van der Waals surface area contributed by atoms with E-state index < -0.39 is 23.1 Å². The van der Waals surface area contributed by atoms with Gasteiger partial charge in [0.05, 0.1) is 12.8 Å². The highest BCUT2D eigenvalue weighted by molar-refractivity contribution is 14.1. The lowest BCUT2D eigenvalue weighted by atomic mass is 10.2. The number of nitrogens with one attached hydrogen (secondary N) is 1. The largest absolute Gasteiger partial charge is 0.493 e. The number of pyridine rings is 1. The van der Waals surface area contributed by atoms with Crippen LogP contribution in [0.3, 0.4) is 0 Å². The summed E-state index contributed by atoms with van der Waals surface area (Å²) in [6.07, 6.45) is 4.74. The average Bonchev–Trinajstić information content (AvgIpc) is 3.28.